The minimum Gasteiger partial charge on any atom is -0.480 e. The number of H-pyrrole nitrogens is 1. The van der Waals surface area contributed by atoms with E-state index >= 15 is 0 Å². The molecule has 0 aliphatic rings. The van der Waals surface area contributed by atoms with Crippen LogP contribution in [0.5, 0.6) is 0 Å². The van der Waals surface area contributed by atoms with Gasteiger partial charge in [-0.3, -0.25) is 4.79 Å². The minimum atomic E-state index is -0.959. The molecule has 0 saturated heterocycles. The molecule has 0 aliphatic carbocycles. The van der Waals surface area contributed by atoms with Gasteiger partial charge in [0.25, 0.3) is 0 Å². The van der Waals surface area contributed by atoms with Crippen molar-refractivity contribution in [2.75, 3.05) is 20.1 Å². The Kier molecular flexibility index (Phi) is 4.19. The number of aromatic nitrogens is 1. The summed E-state index contributed by atoms with van der Waals surface area (Å²) >= 11 is 0. The van der Waals surface area contributed by atoms with E-state index < -0.39 is 12.0 Å². The van der Waals surface area contributed by atoms with E-state index in [1.165, 1.54) is 10.9 Å². The van der Waals surface area contributed by atoms with E-state index in [0.717, 1.165) is 18.5 Å². The fraction of sp³-hybridized carbons (Fsp3) is 0.357. The molecule has 0 aliphatic heterocycles. The molecule has 102 valence electrons. The van der Waals surface area contributed by atoms with E-state index in [2.05, 4.69) is 11.1 Å². The van der Waals surface area contributed by atoms with Crippen LogP contribution in [0.1, 0.15) is 5.56 Å². The first-order valence-electron chi connectivity index (χ1n) is 6.30. The van der Waals surface area contributed by atoms with Crippen molar-refractivity contribution in [2.24, 2.45) is 5.73 Å². The lowest BCUT2D eigenvalue weighted by molar-refractivity contribution is -0.138. The maximum atomic E-state index is 10.7. The lowest BCUT2D eigenvalue weighted by Gasteiger charge is -2.18. The number of benzene rings is 1. The molecule has 19 heavy (non-hydrogen) atoms. The number of likely N-dealkylation sites (N-methyl/N-ethyl adjacent to an activating group) is 1. The third-order valence-corrected chi connectivity index (χ3v) is 3.26. The smallest absolute Gasteiger partial charge is 0.321 e. The average molecular weight is 261 g/mol. The quantitative estimate of drug-likeness (QED) is 0.726. The van der Waals surface area contributed by atoms with Crippen LogP contribution >= 0.6 is 0 Å². The highest BCUT2D eigenvalue weighted by Crippen LogP contribution is 2.18. The zero-order chi connectivity index (χ0) is 13.8. The summed E-state index contributed by atoms with van der Waals surface area (Å²) in [7, 11) is 1.89. The number of carboxylic acid groups (broad SMARTS) is 1. The number of nitrogens with two attached hydrogens (primary N) is 1. The number of carboxylic acids is 1. The van der Waals surface area contributed by atoms with E-state index in [1.54, 1.807) is 0 Å². The maximum absolute atomic E-state index is 10.7. The molecule has 0 bridgehead atoms. The zero-order valence-corrected chi connectivity index (χ0v) is 11.0. The largest absolute Gasteiger partial charge is 0.480 e. The second-order valence-corrected chi connectivity index (χ2v) is 4.82. The maximum Gasteiger partial charge on any atom is 0.321 e. The highest BCUT2D eigenvalue weighted by Gasteiger charge is 2.14. The number of fused-ring (bicyclic) bond motifs is 1. The van der Waals surface area contributed by atoms with Crippen molar-refractivity contribution in [2.45, 2.75) is 12.5 Å². The van der Waals surface area contributed by atoms with Crippen LogP contribution < -0.4 is 5.73 Å². The molecule has 0 spiro atoms. The number of aliphatic carboxylic acids is 1. The zero-order valence-electron chi connectivity index (χ0n) is 11.0. The Hall–Kier alpha value is -1.85. The van der Waals surface area contributed by atoms with Crippen LogP contribution in [0.3, 0.4) is 0 Å². The van der Waals surface area contributed by atoms with E-state index in [-0.39, 0.29) is 0 Å². The van der Waals surface area contributed by atoms with Gasteiger partial charge in [0.05, 0.1) is 0 Å². The van der Waals surface area contributed by atoms with E-state index in [1.807, 2.05) is 36.3 Å². The second kappa shape index (κ2) is 5.86. The van der Waals surface area contributed by atoms with E-state index in [4.69, 9.17) is 10.8 Å². The first-order chi connectivity index (χ1) is 9.08. The summed E-state index contributed by atoms with van der Waals surface area (Å²) in [5.74, 6) is -0.959. The molecule has 1 unspecified atom stereocenters. The topological polar surface area (TPSA) is 82.3 Å². The van der Waals surface area contributed by atoms with Crippen LogP contribution in [-0.4, -0.2) is 47.1 Å². The molecule has 1 aromatic heterocycles. The first kappa shape index (κ1) is 13.6. The Morgan fingerprint density at radius 3 is 2.95 bits per heavy atom. The number of hydrogen-bond acceptors (Lipinski definition) is 3. The standard InChI is InChI=1S/C14H19N3O2/c1-17(9-12(15)14(18)19)7-6-10-8-16-13-5-3-2-4-11(10)13/h2-5,8,12,16H,6-7,9,15H2,1H3,(H,18,19). The molecule has 2 rings (SSSR count). The van der Waals surface area contributed by atoms with Crippen molar-refractivity contribution < 1.29 is 9.90 Å². The third-order valence-electron chi connectivity index (χ3n) is 3.26. The van der Waals surface area contributed by atoms with Gasteiger partial charge in [0.1, 0.15) is 6.04 Å². The fourth-order valence-electron chi connectivity index (χ4n) is 2.15. The summed E-state index contributed by atoms with van der Waals surface area (Å²) in [6.07, 6.45) is 2.88. The summed E-state index contributed by atoms with van der Waals surface area (Å²) in [4.78, 5) is 15.9. The number of carbonyl (C=O) groups is 1. The van der Waals surface area contributed by atoms with Gasteiger partial charge < -0.3 is 20.7 Å². The van der Waals surface area contributed by atoms with E-state index in [0.29, 0.717) is 6.54 Å². The predicted octanol–water partition coefficient (Wildman–Crippen LogP) is 1.05. The molecule has 0 amide bonds. The predicted molar refractivity (Wildman–Crippen MR) is 75.1 cm³/mol. The van der Waals surface area contributed by atoms with Crippen molar-refractivity contribution in [3.8, 4) is 0 Å². The van der Waals surface area contributed by atoms with Crippen LogP contribution in [0.15, 0.2) is 30.5 Å². The van der Waals surface area contributed by atoms with Crippen LogP contribution in [0.2, 0.25) is 0 Å². The van der Waals surface area contributed by atoms with Crippen molar-refractivity contribution in [1.29, 1.82) is 0 Å². The number of nitrogens with one attached hydrogen (secondary N) is 1. The van der Waals surface area contributed by atoms with Gasteiger partial charge in [-0.1, -0.05) is 18.2 Å². The van der Waals surface area contributed by atoms with Gasteiger partial charge in [-0.15, -0.1) is 0 Å². The Balaban J connectivity index is 1.93. The second-order valence-electron chi connectivity index (χ2n) is 4.82. The molecule has 5 nitrogen and oxygen atoms in total. The number of rotatable bonds is 6. The SMILES string of the molecule is CN(CCc1c[nH]c2ccccc12)CC(N)C(=O)O. The molecule has 0 fully saturated rings. The molecule has 0 radical (unpaired) electrons. The van der Waals surface area contributed by atoms with Crippen molar-refractivity contribution in [1.82, 2.24) is 9.88 Å². The Bertz CT molecular complexity index is 565. The molecular formula is C14H19N3O2. The first-order valence-corrected chi connectivity index (χ1v) is 6.30. The summed E-state index contributed by atoms with van der Waals surface area (Å²) < 4.78 is 0. The fourth-order valence-corrected chi connectivity index (χ4v) is 2.15. The number of hydrogen-bond donors (Lipinski definition) is 3. The third kappa shape index (κ3) is 3.33. The molecule has 1 atom stereocenters. The molecule has 1 aromatic carbocycles. The number of aromatic amines is 1. The van der Waals surface area contributed by atoms with Gasteiger partial charge in [0.2, 0.25) is 0 Å². The summed E-state index contributed by atoms with van der Waals surface area (Å²) in [6, 6.07) is 7.32. The molecule has 5 heteroatoms. The minimum absolute atomic E-state index is 0.359. The van der Waals surface area contributed by atoms with Crippen LogP contribution in [0, 0.1) is 0 Å². The lowest BCUT2D eigenvalue weighted by Crippen LogP contribution is -2.41. The highest BCUT2D eigenvalue weighted by atomic mass is 16.4. The van der Waals surface area contributed by atoms with Gasteiger partial charge in [0, 0.05) is 30.2 Å². The van der Waals surface area contributed by atoms with Gasteiger partial charge in [-0.2, -0.15) is 0 Å². The van der Waals surface area contributed by atoms with Gasteiger partial charge >= 0.3 is 5.97 Å². The average Bonchev–Trinajstić information content (AvgIpc) is 2.79. The number of para-hydroxylation sites is 1. The van der Waals surface area contributed by atoms with Crippen LogP contribution in [0.4, 0.5) is 0 Å². The normalized spacial score (nSPS) is 13.0. The monoisotopic (exact) mass is 261 g/mol. The van der Waals surface area contributed by atoms with Gasteiger partial charge in [0.15, 0.2) is 0 Å². The molecule has 2 aromatic rings. The molecule has 4 N–H and O–H groups in total. The summed E-state index contributed by atoms with van der Waals surface area (Å²) in [5, 5.41) is 9.99. The molecular weight excluding hydrogens is 242 g/mol. The Morgan fingerprint density at radius 2 is 2.21 bits per heavy atom. The van der Waals surface area contributed by atoms with Crippen LogP contribution in [-0.2, 0) is 11.2 Å². The van der Waals surface area contributed by atoms with Crippen molar-refractivity contribution in [3.63, 3.8) is 0 Å². The van der Waals surface area contributed by atoms with Crippen molar-refractivity contribution >= 4 is 16.9 Å². The lowest BCUT2D eigenvalue weighted by atomic mass is 10.1. The molecule has 0 saturated carbocycles. The van der Waals surface area contributed by atoms with E-state index in [9.17, 15) is 4.79 Å². The Morgan fingerprint density at radius 1 is 1.47 bits per heavy atom. The van der Waals surface area contributed by atoms with Crippen LogP contribution in [0.25, 0.3) is 10.9 Å². The highest BCUT2D eigenvalue weighted by molar-refractivity contribution is 5.83. The Labute approximate surface area is 112 Å². The van der Waals surface area contributed by atoms with Crippen molar-refractivity contribution in [3.05, 3.63) is 36.0 Å². The van der Waals surface area contributed by atoms with Gasteiger partial charge in [-0.25, -0.2) is 0 Å². The summed E-state index contributed by atoms with van der Waals surface area (Å²) in [5.41, 5.74) is 7.88. The van der Waals surface area contributed by atoms with Gasteiger partial charge in [-0.05, 0) is 25.1 Å². The summed E-state index contributed by atoms with van der Waals surface area (Å²) in [6.45, 7) is 1.14. The molecule has 1 heterocycles. The number of nitrogens with zero attached hydrogens (tertiary/aromatic N) is 1.